The van der Waals surface area contributed by atoms with E-state index < -0.39 is 12.1 Å². The predicted octanol–water partition coefficient (Wildman–Crippen LogP) is 21.5. The third-order valence-electron chi connectivity index (χ3n) is 14.8. The molecule has 2 atom stereocenters. The van der Waals surface area contributed by atoms with Gasteiger partial charge >= 0.3 is 0 Å². The van der Waals surface area contributed by atoms with Gasteiger partial charge in [0.1, 0.15) is 0 Å². The minimum atomic E-state index is -0.659. The molecule has 4 heteroatoms. The highest BCUT2D eigenvalue weighted by Crippen LogP contribution is 2.18. The number of aliphatic hydroxyl groups is 2. The summed E-state index contributed by atoms with van der Waals surface area (Å²) < 4.78 is 0. The summed E-state index contributed by atoms with van der Waals surface area (Å²) >= 11 is 0. The fourth-order valence-electron chi connectivity index (χ4n) is 9.98. The monoisotopic (exact) mass is 992 g/mol. The Bertz CT molecular complexity index is 1170. The van der Waals surface area contributed by atoms with Gasteiger partial charge in [0.05, 0.1) is 18.8 Å². The second-order valence-corrected chi connectivity index (χ2v) is 21.8. The van der Waals surface area contributed by atoms with Crippen LogP contribution in [-0.4, -0.2) is 34.9 Å². The zero-order chi connectivity index (χ0) is 51.3. The highest BCUT2D eigenvalue weighted by Gasteiger charge is 2.20. The molecule has 0 aliphatic heterocycles. The average Bonchev–Trinajstić information content (AvgIpc) is 3.37. The Morgan fingerprint density at radius 3 is 0.930 bits per heavy atom. The van der Waals surface area contributed by atoms with Crippen molar-refractivity contribution in [1.82, 2.24) is 5.32 Å². The first-order valence-electron chi connectivity index (χ1n) is 32.0. The smallest absolute Gasteiger partial charge is 0.220 e. The van der Waals surface area contributed by atoms with Crippen LogP contribution in [0.4, 0.5) is 0 Å². The molecule has 0 rings (SSSR count). The SMILES string of the molecule is CC/C=C\C/C=C\C/C=C\C/C=C\C/C=C\CCCCCCCCCCCCCCCCCCCCCCCCCC(=O)NC(CO)C(O)CCCCCCCCCCCCCCCCCCCCCC. The van der Waals surface area contributed by atoms with Crippen molar-refractivity contribution in [3.05, 3.63) is 60.8 Å². The summed E-state index contributed by atoms with van der Waals surface area (Å²) in [5.41, 5.74) is 0. The number of rotatable bonds is 59. The highest BCUT2D eigenvalue weighted by molar-refractivity contribution is 5.76. The van der Waals surface area contributed by atoms with Gasteiger partial charge in [-0.05, 0) is 57.8 Å². The van der Waals surface area contributed by atoms with Crippen molar-refractivity contribution in [2.24, 2.45) is 0 Å². The van der Waals surface area contributed by atoms with Crippen LogP contribution in [0.5, 0.6) is 0 Å². The van der Waals surface area contributed by atoms with Crippen LogP contribution in [0.3, 0.4) is 0 Å². The number of hydrogen-bond donors (Lipinski definition) is 3. The number of unbranched alkanes of at least 4 members (excludes halogenated alkanes) is 42. The maximum Gasteiger partial charge on any atom is 0.220 e. The Morgan fingerprint density at radius 1 is 0.352 bits per heavy atom. The molecule has 0 aliphatic rings. The van der Waals surface area contributed by atoms with E-state index in [0.717, 1.165) is 57.8 Å². The molecule has 416 valence electrons. The van der Waals surface area contributed by atoms with E-state index in [-0.39, 0.29) is 12.5 Å². The van der Waals surface area contributed by atoms with Gasteiger partial charge in [-0.3, -0.25) is 4.79 Å². The van der Waals surface area contributed by atoms with Gasteiger partial charge in [0.15, 0.2) is 0 Å². The van der Waals surface area contributed by atoms with Crippen LogP contribution < -0.4 is 5.32 Å². The zero-order valence-electron chi connectivity index (χ0n) is 48.0. The predicted molar refractivity (Wildman–Crippen MR) is 318 cm³/mol. The van der Waals surface area contributed by atoms with E-state index in [1.807, 2.05) is 0 Å². The van der Waals surface area contributed by atoms with Crippen molar-refractivity contribution in [3.63, 3.8) is 0 Å². The van der Waals surface area contributed by atoms with Gasteiger partial charge in [0.25, 0.3) is 0 Å². The summed E-state index contributed by atoms with van der Waals surface area (Å²) in [4.78, 5) is 12.5. The highest BCUT2D eigenvalue weighted by atomic mass is 16.3. The molecule has 0 aromatic carbocycles. The van der Waals surface area contributed by atoms with Gasteiger partial charge in [-0.25, -0.2) is 0 Å². The summed E-state index contributed by atoms with van der Waals surface area (Å²) in [7, 11) is 0. The van der Waals surface area contributed by atoms with Crippen molar-refractivity contribution in [1.29, 1.82) is 0 Å². The van der Waals surface area contributed by atoms with Crippen molar-refractivity contribution in [2.75, 3.05) is 6.61 Å². The lowest BCUT2D eigenvalue weighted by molar-refractivity contribution is -0.123. The lowest BCUT2D eigenvalue weighted by Gasteiger charge is -2.22. The molecule has 0 saturated heterocycles. The summed E-state index contributed by atoms with van der Waals surface area (Å²) in [5, 5.41) is 23.4. The molecule has 0 spiro atoms. The maximum atomic E-state index is 12.5. The summed E-state index contributed by atoms with van der Waals surface area (Å²) in [6, 6.07) is -0.536. The third-order valence-corrected chi connectivity index (χ3v) is 14.8. The summed E-state index contributed by atoms with van der Waals surface area (Å²) in [5.74, 6) is -0.0249. The molecule has 0 bridgehead atoms. The van der Waals surface area contributed by atoms with E-state index in [9.17, 15) is 15.0 Å². The van der Waals surface area contributed by atoms with Crippen molar-refractivity contribution < 1.29 is 15.0 Å². The number of allylic oxidation sites excluding steroid dienone is 10. The van der Waals surface area contributed by atoms with Gasteiger partial charge in [-0.15, -0.1) is 0 Å². The Morgan fingerprint density at radius 2 is 0.620 bits per heavy atom. The molecule has 2 unspecified atom stereocenters. The standard InChI is InChI=1S/C67H125NO3/c1-3-5-7-9-11-13-15-17-19-21-23-25-26-27-28-29-30-31-32-33-34-35-36-37-38-39-40-41-42-43-45-47-49-51-53-55-57-59-61-63-67(71)68-65(64-69)66(70)62-60-58-56-54-52-50-48-46-44-24-22-20-18-16-14-12-10-8-6-4-2/h5,7,11,13,17,19,23,25,27-28,65-66,69-70H,3-4,6,8-10,12,14-16,18,20-22,24,26,29-64H2,1-2H3,(H,68,71)/b7-5-,13-11-,19-17-,25-23-,28-27-. The number of amides is 1. The Hall–Kier alpha value is -1.91. The third kappa shape index (κ3) is 58.8. The number of aliphatic hydroxyl groups excluding tert-OH is 2. The van der Waals surface area contributed by atoms with E-state index in [0.29, 0.717) is 12.8 Å². The van der Waals surface area contributed by atoms with Crippen molar-refractivity contribution in [3.8, 4) is 0 Å². The van der Waals surface area contributed by atoms with Crippen LogP contribution in [0.25, 0.3) is 0 Å². The molecule has 3 N–H and O–H groups in total. The van der Waals surface area contributed by atoms with Crippen LogP contribution in [0.1, 0.15) is 341 Å². The first-order valence-corrected chi connectivity index (χ1v) is 32.0. The fraction of sp³-hybridized carbons (Fsp3) is 0.836. The normalized spacial score (nSPS) is 13.1. The minimum Gasteiger partial charge on any atom is -0.394 e. The number of carbonyl (C=O) groups is 1. The summed E-state index contributed by atoms with van der Waals surface area (Å²) in [6.07, 6.45) is 88.2. The van der Waals surface area contributed by atoms with E-state index in [4.69, 9.17) is 0 Å². The second kappa shape index (κ2) is 62.4. The van der Waals surface area contributed by atoms with Crippen LogP contribution in [0.2, 0.25) is 0 Å². The molecule has 0 heterocycles. The second-order valence-electron chi connectivity index (χ2n) is 21.8. The molecular formula is C67H125NO3. The minimum absolute atomic E-state index is 0.0249. The Balaban J connectivity index is 3.40. The maximum absolute atomic E-state index is 12.5. The number of nitrogens with one attached hydrogen (secondary N) is 1. The van der Waals surface area contributed by atoms with Crippen LogP contribution in [0, 0.1) is 0 Å². The van der Waals surface area contributed by atoms with E-state index in [1.54, 1.807) is 0 Å². The van der Waals surface area contributed by atoms with Crippen LogP contribution in [0.15, 0.2) is 60.8 Å². The van der Waals surface area contributed by atoms with Crippen LogP contribution in [-0.2, 0) is 4.79 Å². The molecule has 0 radical (unpaired) electrons. The molecule has 0 saturated carbocycles. The molecule has 0 fully saturated rings. The zero-order valence-corrected chi connectivity index (χ0v) is 48.0. The molecular weight excluding hydrogens is 867 g/mol. The van der Waals surface area contributed by atoms with Gasteiger partial charge in [0.2, 0.25) is 5.91 Å². The Labute approximate surface area is 445 Å². The van der Waals surface area contributed by atoms with E-state index >= 15 is 0 Å². The van der Waals surface area contributed by atoms with Gasteiger partial charge in [-0.1, -0.05) is 338 Å². The molecule has 71 heavy (non-hydrogen) atoms. The Kier molecular flexibility index (Phi) is 60.7. The molecule has 0 aromatic heterocycles. The summed E-state index contributed by atoms with van der Waals surface area (Å²) in [6.45, 7) is 4.28. The molecule has 4 nitrogen and oxygen atoms in total. The average molecular weight is 993 g/mol. The fourth-order valence-corrected chi connectivity index (χ4v) is 9.98. The quantitative estimate of drug-likeness (QED) is 0.0420. The number of hydrogen-bond acceptors (Lipinski definition) is 3. The first kappa shape index (κ1) is 69.1. The largest absolute Gasteiger partial charge is 0.394 e. The molecule has 0 aromatic rings. The van der Waals surface area contributed by atoms with Gasteiger partial charge in [-0.2, -0.15) is 0 Å². The van der Waals surface area contributed by atoms with Crippen LogP contribution >= 0.6 is 0 Å². The lowest BCUT2D eigenvalue weighted by atomic mass is 10.0. The van der Waals surface area contributed by atoms with E-state index in [2.05, 4.69) is 79.9 Å². The van der Waals surface area contributed by atoms with E-state index in [1.165, 1.54) is 257 Å². The van der Waals surface area contributed by atoms with Crippen molar-refractivity contribution in [2.45, 2.75) is 353 Å². The van der Waals surface area contributed by atoms with Gasteiger partial charge in [0, 0.05) is 6.42 Å². The lowest BCUT2D eigenvalue weighted by Crippen LogP contribution is -2.45. The van der Waals surface area contributed by atoms with Gasteiger partial charge < -0.3 is 15.5 Å². The molecule has 0 aliphatic carbocycles. The molecule has 1 amide bonds. The van der Waals surface area contributed by atoms with Crippen molar-refractivity contribution >= 4 is 5.91 Å². The number of carbonyl (C=O) groups excluding carboxylic acids is 1. The first-order chi connectivity index (χ1) is 35.2. The topological polar surface area (TPSA) is 69.6 Å².